The maximum absolute atomic E-state index is 12.3. The van der Waals surface area contributed by atoms with E-state index in [-0.39, 0.29) is 11.7 Å². The lowest BCUT2D eigenvalue weighted by molar-refractivity contribution is -0.133. The van der Waals surface area contributed by atoms with E-state index in [1.54, 1.807) is 48.5 Å². The number of carboxylic acids is 1. The van der Waals surface area contributed by atoms with Crippen molar-refractivity contribution in [2.45, 2.75) is 4.90 Å². The number of rotatable bonds is 7. The second kappa shape index (κ2) is 8.59. The zero-order valence-electron chi connectivity index (χ0n) is 12.6. The Hall–Kier alpha value is -3.00. The lowest BCUT2D eigenvalue weighted by atomic mass is 10.2. The fraction of sp³-hybridized carbons (Fsp3) is 0.0625. The molecule has 2 rings (SSSR count). The summed E-state index contributed by atoms with van der Waals surface area (Å²) in [6, 6.07) is 13.9. The number of aliphatic carboxylic acids is 1. The van der Waals surface area contributed by atoms with Gasteiger partial charge in [-0.05, 0) is 42.5 Å². The second-order valence-corrected chi connectivity index (χ2v) is 5.71. The Morgan fingerprint density at radius 2 is 1.92 bits per heavy atom. The predicted molar refractivity (Wildman–Crippen MR) is 95.5 cm³/mol. The molecule has 0 saturated carbocycles. The van der Waals surface area contributed by atoms with Crippen LogP contribution >= 0.6 is 11.8 Å². The van der Waals surface area contributed by atoms with Gasteiger partial charge in [0.1, 0.15) is 6.34 Å². The van der Waals surface area contributed by atoms with Crippen molar-refractivity contribution in [3.05, 3.63) is 54.1 Å². The number of hydrazone groups is 1. The SMILES string of the molecule is NN=CNc1cccc(C(=O)Nc2ccc(SCC(=O)O)cc2)c1. The van der Waals surface area contributed by atoms with Crippen LogP contribution in [0.3, 0.4) is 0 Å². The fourth-order valence-corrected chi connectivity index (χ4v) is 2.46. The highest BCUT2D eigenvalue weighted by Crippen LogP contribution is 2.20. The average molecular weight is 344 g/mol. The Balaban J connectivity index is 2.00. The lowest BCUT2D eigenvalue weighted by Crippen LogP contribution is -2.12. The van der Waals surface area contributed by atoms with Crippen LogP contribution < -0.4 is 16.5 Å². The highest BCUT2D eigenvalue weighted by molar-refractivity contribution is 8.00. The normalized spacial score (nSPS) is 10.5. The molecule has 0 spiro atoms. The number of thioether (sulfide) groups is 1. The minimum Gasteiger partial charge on any atom is -0.481 e. The number of nitrogens with zero attached hydrogens (tertiary/aromatic N) is 1. The zero-order valence-corrected chi connectivity index (χ0v) is 13.4. The minimum absolute atomic E-state index is 0.00238. The predicted octanol–water partition coefficient (Wildman–Crippen LogP) is 2.43. The summed E-state index contributed by atoms with van der Waals surface area (Å²) in [5.41, 5.74) is 1.80. The van der Waals surface area contributed by atoms with Gasteiger partial charge in [-0.1, -0.05) is 6.07 Å². The van der Waals surface area contributed by atoms with Crippen LogP contribution in [0.5, 0.6) is 0 Å². The average Bonchev–Trinajstić information content (AvgIpc) is 2.59. The van der Waals surface area contributed by atoms with Gasteiger partial charge in [-0.15, -0.1) is 11.8 Å². The van der Waals surface area contributed by atoms with E-state index in [9.17, 15) is 9.59 Å². The van der Waals surface area contributed by atoms with Crippen molar-refractivity contribution >= 4 is 41.4 Å². The molecule has 8 heteroatoms. The third-order valence-corrected chi connectivity index (χ3v) is 3.90. The Labute approximate surface area is 142 Å². The van der Waals surface area contributed by atoms with Crippen LogP contribution in [0.4, 0.5) is 11.4 Å². The molecule has 0 aliphatic carbocycles. The molecule has 1 amide bonds. The summed E-state index contributed by atoms with van der Waals surface area (Å²) in [5.74, 6) is 3.89. The highest BCUT2D eigenvalue weighted by atomic mass is 32.2. The molecular formula is C16H16N4O3S. The monoisotopic (exact) mass is 344 g/mol. The molecule has 0 bridgehead atoms. The third-order valence-electron chi connectivity index (χ3n) is 2.91. The molecule has 5 N–H and O–H groups in total. The van der Waals surface area contributed by atoms with E-state index in [4.69, 9.17) is 10.9 Å². The molecule has 124 valence electrons. The first-order valence-electron chi connectivity index (χ1n) is 6.93. The van der Waals surface area contributed by atoms with Gasteiger partial charge in [-0.2, -0.15) is 5.10 Å². The molecule has 0 aliphatic heterocycles. The summed E-state index contributed by atoms with van der Waals surface area (Å²) in [4.78, 5) is 23.6. The van der Waals surface area contributed by atoms with Gasteiger partial charge in [0.2, 0.25) is 0 Å². The number of hydrogen-bond donors (Lipinski definition) is 4. The minimum atomic E-state index is -0.870. The van der Waals surface area contributed by atoms with Crippen molar-refractivity contribution in [1.29, 1.82) is 0 Å². The summed E-state index contributed by atoms with van der Waals surface area (Å²) in [5, 5.41) is 17.6. The molecule has 0 atom stereocenters. The smallest absolute Gasteiger partial charge is 0.313 e. The van der Waals surface area contributed by atoms with E-state index in [0.29, 0.717) is 16.9 Å². The molecule has 7 nitrogen and oxygen atoms in total. The summed E-state index contributed by atoms with van der Waals surface area (Å²) in [6.07, 6.45) is 1.32. The van der Waals surface area contributed by atoms with Crippen LogP contribution in [-0.4, -0.2) is 29.1 Å². The summed E-state index contributed by atoms with van der Waals surface area (Å²) in [6.45, 7) is 0. The van der Waals surface area contributed by atoms with Crippen LogP contribution in [0.2, 0.25) is 0 Å². The van der Waals surface area contributed by atoms with Gasteiger partial charge >= 0.3 is 5.97 Å². The van der Waals surface area contributed by atoms with E-state index in [0.717, 1.165) is 4.90 Å². The van der Waals surface area contributed by atoms with Gasteiger partial charge < -0.3 is 21.6 Å². The molecule has 0 aromatic heterocycles. The van der Waals surface area contributed by atoms with Crippen molar-refractivity contribution < 1.29 is 14.7 Å². The van der Waals surface area contributed by atoms with E-state index < -0.39 is 5.97 Å². The molecule has 0 fully saturated rings. The molecule has 0 heterocycles. The first-order chi connectivity index (χ1) is 11.6. The van der Waals surface area contributed by atoms with Gasteiger partial charge in [0, 0.05) is 21.8 Å². The first kappa shape index (κ1) is 17.4. The molecule has 0 saturated heterocycles. The van der Waals surface area contributed by atoms with Crippen molar-refractivity contribution in [3.8, 4) is 0 Å². The Morgan fingerprint density at radius 3 is 2.58 bits per heavy atom. The fourth-order valence-electron chi connectivity index (χ4n) is 1.84. The molecule has 0 unspecified atom stereocenters. The van der Waals surface area contributed by atoms with Gasteiger partial charge in [-0.25, -0.2) is 0 Å². The number of anilines is 2. The molecule has 0 aliphatic rings. The number of nitrogens with two attached hydrogens (primary N) is 1. The van der Waals surface area contributed by atoms with Crippen LogP contribution in [0.1, 0.15) is 10.4 Å². The van der Waals surface area contributed by atoms with Crippen molar-refractivity contribution in [1.82, 2.24) is 0 Å². The van der Waals surface area contributed by atoms with Gasteiger partial charge in [0.05, 0.1) is 5.75 Å². The van der Waals surface area contributed by atoms with Gasteiger partial charge in [-0.3, -0.25) is 9.59 Å². The maximum atomic E-state index is 12.3. The highest BCUT2D eigenvalue weighted by Gasteiger charge is 2.07. The van der Waals surface area contributed by atoms with Crippen LogP contribution in [0.25, 0.3) is 0 Å². The molecule has 2 aromatic rings. The van der Waals surface area contributed by atoms with Crippen molar-refractivity contribution in [3.63, 3.8) is 0 Å². The Morgan fingerprint density at radius 1 is 1.17 bits per heavy atom. The first-order valence-corrected chi connectivity index (χ1v) is 7.91. The van der Waals surface area contributed by atoms with E-state index in [2.05, 4.69) is 15.7 Å². The zero-order chi connectivity index (χ0) is 17.4. The Kier molecular flexibility index (Phi) is 6.21. The third kappa shape index (κ3) is 5.33. The number of hydrogen-bond acceptors (Lipinski definition) is 5. The van der Waals surface area contributed by atoms with Crippen LogP contribution in [-0.2, 0) is 4.79 Å². The quantitative estimate of drug-likeness (QED) is 0.201. The number of benzene rings is 2. The van der Waals surface area contributed by atoms with E-state index in [1.165, 1.54) is 18.1 Å². The molecular weight excluding hydrogens is 328 g/mol. The largest absolute Gasteiger partial charge is 0.481 e. The standard InChI is InChI=1S/C16H16N4O3S/c17-19-10-18-13-3-1-2-11(8-13)16(23)20-12-4-6-14(7-5-12)24-9-15(21)22/h1-8,10H,9,17H2,(H,18,19)(H,20,23)(H,21,22). The number of amides is 1. The molecule has 2 aromatic carbocycles. The number of carbonyl (C=O) groups excluding carboxylic acids is 1. The van der Waals surface area contributed by atoms with Crippen molar-refractivity contribution in [2.75, 3.05) is 16.4 Å². The van der Waals surface area contributed by atoms with Crippen molar-refractivity contribution in [2.24, 2.45) is 10.9 Å². The summed E-state index contributed by atoms with van der Waals surface area (Å²) >= 11 is 1.22. The summed E-state index contributed by atoms with van der Waals surface area (Å²) in [7, 11) is 0. The topological polar surface area (TPSA) is 117 Å². The van der Waals surface area contributed by atoms with Crippen LogP contribution in [0.15, 0.2) is 58.5 Å². The second-order valence-electron chi connectivity index (χ2n) is 4.66. The summed E-state index contributed by atoms with van der Waals surface area (Å²) < 4.78 is 0. The lowest BCUT2D eigenvalue weighted by Gasteiger charge is -2.07. The maximum Gasteiger partial charge on any atom is 0.313 e. The van der Waals surface area contributed by atoms with Crippen LogP contribution in [0, 0.1) is 0 Å². The number of carbonyl (C=O) groups is 2. The van der Waals surface area contributed by atoms with Gasteiger partial charge in [0.25, 0.3) is 5.91 Å². The molecule has 0 radical (unpaired) electrons. The molecule has 24 heavy (non-hydrogen) atoms. The van der Waals surface area contributed by atoms with E-state index in [1.807, 2.05) is 0 Å². The number of carboxylic acid groups (broad SMARTS) is 1. The number of nitrogens with one attached hydrogen (secondary N) is 2. The van der Waals surface area contributed by atoms with E-state index >= 15 is 0 Å². The van der Waals surface area contributed by atoms with Gasteiger partial charge in [0.15, 0.2) is 0 Å². The Bertz CT molecular complexity index is 747.